The molecule has 0 aliphatic carbocycles. The van der Waals surface area contributed by atoms with E-state index in [0.717, 1.165) is 0 Å². The fraction of sp³-hybridized carbons (Fsp3) is 0.333. The van der Waals surface area contributed by atoms with Gasteiger partial charge in [0.25, 0.3) is 0 Å². The molecular weight excluding hydrogens is 304 g/mol. The summed E-state index contributed by atoms with van der Waals surface area (Å²) >= 11 is 3.17. The van der Waals surface area contributed by atoms with Crippen molar-refractivity contribution < 1.29 is 24.5 Å². The molecule has 1 aromatic rings. The third-order valence-corrected chi connectivity index (χ3v) is 3.24. The molecule has 2 N–H and O–H groups in total. The molecule has 2 unspecified atom stereocenters. The van der Waals surface area contributed by atoms with E-state index in [4.69, 9.17) is 0 Å². The van der Waals surface area contributed by atoms with E-state index in [1.807, 2.05) is 0 Å². The summed E-state index contributed by atoms with van der Waals surface area (Å²) < 4.78 is 4.44. The average Bonchev–Trinajstić information content (AvgIpc) is 2.64. The van der Waals surface area contributed by atoms with Crippen molar-refractivity contribution in [2.45, 2.75) is 18.6 Å². The molecule has 1 aliphatic rings. The molecule has 96 valence electrons. The van der Waals surface area contributed by atoms with Gasteiger partial charge < -0.3 is 14.9 Å². The maximum absolute atomic E-state index is 11.4. The van der Waals surface area contributed by atoms with Crippen LogP contribution in [-0.4, -0.2) is 33.6 Å². The lowest BCUT2D eigenvalue weighted by Crippen LogP contribution is -2.18. The van der Waals surface area contributed by atoms with Gasteiger partial charge in [-0.1, -0.05) is 22.0 Å². The van der Waals surface area contributed by atoms with Crippen LogP contribution in [0.5, 0.6) is 0 Å². The standard InChI is InChI=1S/C12H11BrO5/c13-4-3-9(14)10(15)6-1-2-7-8(5-6)12(17)18-11(7)16/h1-2,5,9-10,14-15H,3-4H2. The zero-order valence-electron chi connectivity index (χ0n) is 9.30. The van der Waals surface area contributed by atoms with Gasteiger partial charge in [0.05, 0.1) is 17.2 Å². The third kappa shape index (κ3) is 2.31. The van der Waals surface area contributed by atoms with Gasteiger partial charge in [-0.3, -0.25) is 0 Å². The molecular formula is C12H11BrO5. The van der Waals surface area contributed by atoms with Crippen LogP contribution < -0.4 is 0 Å². The molecule has 2 atom stereocenters. The lowest BCUT2D eigenvalue weighted by Gasteiger charge is -2.17. The first-order valence-corrected chi connectivity index (χ1v) is 6.49. The first-order chi connectivity index (χ1) is 8.54. The highest BCUT2D eigenvalue weighted by molar-refractivity contribution is 9.09. The monoisotopic (exact) mass is 314 g/mol. The van der Waals surface area contributed by atoms with Gasteiger partial charge in [0.1, 0.15) is 6.10 Å². The van der Waals surface area contributed by atoms with Crippen LogP contribution in [0.1, 0.15) is 38.8 Å². The Labute approximate surface area is 112 Å². The smallest absolute Gasteiger partial charge is 0.346 e. The average molecular weight is 315 g/mol. The normalized spacial score (nSPS) is 17.3. The van der Waals surface area contributed by atoms with Crippen molar-refractivity contribution in [2.24, 2.45) is 0 Å². The Kier molecular flexibility index (Phi) is 3.79. The molecule has 0 amide bonds. The molecule has 0 fully saturated rings. The number of aliphatic hydroxyl groups excluding tert-OH is 2. The molecule has 1 heterocycles. The Morgan fingerprint density at radius 3 is 2.50 bits per heavy atom. The Balaban J connectivity index is 2.29. The van der Waals surface area contributed by atoms with E-state index < -0.39 is 24.1 Å². The summed E-state index contributed by atoms with van der Waals surface area (Å²) in [6.07, 6.45) is -1.66. The molecule has 18 heavy (non-hydrogen) atoms. The summed E-state index contributed by atoms with van der Waals surface area (Å²) in [5.74, 6) is -1.41. The zero-order chi connectivity index (χ0) is 13.3. The van der Waals surface area contributed by atoms with Crippen LogP contribution in [0.4, 0.5) is 0 Å². The molecule has 0 spiro atoms. The minimum atomic E-state index is -1.10. The summed E-state index contributed by atoms with van der Waals surface area (Å²) in [4.78, 5) is 22.6. The predicted octanol–water partition coefficient (Wildman–Crippen LogP) is 1.18. The fourth-order valence-corrected chi connectivity index (χ4v) is 2.25. The number of rotatable bonds is 4. The molecule has 1 aliphatic heterocycles. The van der Waals surface area contributed by atoms with Gasteiger partial charge in [0.15, 0.2) is 0 Å². The van der Waals surface area contributed by atoms with Crippen molar-refractivity contribution in [3.8, 4) is 0 Å². The molecule has 0 bridgehead atoms. The van der Waals surface area contributed by atoms with Crippen molar-refractivity contribution in [3.05, 3.63) is 34.9 Å². The maximum Gasteiger partial charge on any atom is 0.346 e. The predicted molar refractivity (Wildman–Crippen MR) is 65.6 cm³/mol. The quantitative estimate of drug-likeness (QED) is 0.495. The number of benzene rings is 1. The number of hydrogen-bond acceptors (Lipinski definition) is 5. The number of cyclic esters (lactones) is 2. The molecule has 0 saturated carbocycles. The van der Waals surface area contributed by atoms with Gasteiger partial charge in [0, 0.05) is 5.33 Å². The molecule has 0 saturated heterocycles. The largest absolute Gasteiger partial charge is 0.390 e. The first-order valence-electron chi connectivity index (χ1n) is 5.37. The second kappa shape index (κ2) is 5.17. The van der Waals surface area contributed by atoms with Gasteiger partial charge in [-0.05, 0) is 24.1 Å². The van der Waals surface area contributed by atoms with Gasteiger partial charge >= 0.3 is 11.9 Å². The number of halogens is 1. The van der Waals surface area contributed by atoms with Crippen LogP contribution >= 0.6 is 15.9 Å². The van der Waals surface area contributed by atoms with Gasteiger partial charge in [-0.25, -0.2) is 9.59 Å². The minimum Gasteiger partial charge on any atom is -0.390 e. The fourth-order valence-electron chi connectivity index (χ4n) is 1.78. The number of fused-ring (bicyclic) bond motifs is 1. The minimum absolute atomic E-state index is 0.127. The SMILES string of the molecule is O=C1OC(=O)c2cc(C(O)C(O)CCBr)ccc21. The number of carbonyl (C=O) groups excluding carboxylic acids is 2. The third-order valence-electron chi connectivity index (χ3n) is 2.78. The van der Waals surface area contributed by atoms with Crippen LogP contribution in [0.25, 0.3) is 0 Å². The van der Waals surface area contributed by atoms with Crippen LogP contribution in [0, 0.1) is 0 Å². The summed E-state index contributed by atoms with van der Waals surface area (Å²) in [6, 6.07) is 4.30. The summed E-state index contributed by atoms with van der Waals surface area (Å²) in [5, 5.41) is 20.1. The number of aliphatic hydroxyl groups is 2. The van der Waals surface area contributed by atoms with Crippen LogP contribution in [-0.2, 0) is 4.74 Å². The number of alkyl halides is 1. The van der Waals surface area contributed by atoms with E-state index >= 15 is 0 Å². The zero-order valence-corrected chi connectivity index (χ0v) is 10.9. The van der Waals surface area contributed by atoms with Gasteiger partial charge in [0.2, 0.25) is 0 Å². The topological polar surface area (TPSA) is 83.8 Å². The van der Waals surface area contributed by atoms with Gasteiger partial charge in [-0.2, -0.15) is 0 Å². The van der Waals surface area contributed by atoms with Crippen LogP contribution in [0.15, 0.2) is 18.2 Å². The molecule has 0 aromatic heterocycles. The number of esters is 2. The number of hydrogen-bond donors (Lipinski definition) is 2. The van der Waals surface area contributed by atoms with Gasteiger partial charge in [-0.15, -0.1) is 0 Å². The summed E-state index contributed by atoms with van der Waals surface area (Å²) in [5.41, 5.74) is 0.697. The lowest BCUT2D eigenvalue weighted by molar-refractivity contribution is 0.0173. The Bertz CT molecular complexity index is 499. The van der Waals surface area contributed by atoms with E-state index in [0.29, 0.717) is 17.3 Å². The Hall–Kier alpha value is -1.24. The molecule has 0 radical (unpaired) electrons. The molecule has 2 rings (SSSR count). The Morgan fingerprint density at radius 2 is 1.83 bits per heavy atom. The van der Waals surface area contributed by atoms with Crippen molar-refractivity contribution in [3.63, 3.8) is 0 Å². The van der Waals surface area contributed by atoms with Crippen molar-refractivity contribution >= 4 is 27.9 Å². The maximum atomic E-state index is 11.4. The van der Waals surface area contributed by atoms with E-state index in [1.165, 1.54) is 18.2 Å². The highest BCUT2D eigenvalue weighted by atomic mass is 79.9. The molecule has 1 aromatic carbocycles. The second-order valence-corrected chi connectivity index (χ2v) is 4.76. The number of carbonyl (C=O) groups is 2. The van der Waals surface area contributed by atoms with Crippen LogP contribution in [0.3, 0.4) is 0 Å². The molecule has 6 heteroatoms. The van der Waals surface area contributed by atoms with Crippen molar-refractivity contribution in [2.75, 3.05) is 5.33 Å². The van der Waals surface area contributed by atoms with E-state index in [9.17, 15) is 19.8 Å². The van der Waals surface area contributed by atoms with Crippen molar-refractivity contribution in [1.82, 2.24) is 0 Å². The molecule has 5 nitrogen and oxygen atoms in total. The highest BCUT2D eigenvalue weighted by Crippen LogP contribution is 2.26. The van der Waals surface area contributed by atoms with E-state index in [-0.39, 0.29) is 11.1 Å². The Morgan fingerprint density at radius 1 is 1.17 bits per heavy atom. The first kappa shape index (κ1) is 13.2. The number of ether oxygens (including phenoxy) is 1. The second-order valence-electron chi connectivity index (χ2n) is 3.97. The van der Waals surface area contributed by atoms with E-state index in [1.54, 1.807) is 0 Å². The lowest BCUT2D eigenvalue weighted by atomic mass is 9.98. The summed E-state index contributed by atoms with van der Waals surface area (Å²) in [6.45, 7) is 0. The van der Waals surface area contributed by atoms with Crippen molar-refractivity contribution in [1.29, 1.82) is 0 Å². The summed E-state index contributed by atoms with van der Waals surface area (Å²) in [7, 11) is 0. The highest BCUT2D eigenvalue weighted by Gasteiger charge is 2.31. The van der Waals surface area contributed by atoms with Crippen LogP contribution in [0.2, 0.25) is 0 Å². The van der Waals surface area contributed by atoms with E-state index in [2.05, 4.69) is 20.7 Å².